The Morgan fingerprint density at radius 1 is 1.21 bits per heavy atom. The molecule has 0 aliphatic heterocycles. The fourth-order valence-electron chi connectivity index (χ4n) is 1.57. The predicted molar refractivity (Wildman–Crippen MR) is 68.0 cm³/mol. The molecule has 0 unspecified atom stereocenters. The van der Waals surface area contributed by atoms with Gasteiger partial charge in [-0.25, -0.2) is 4.79 Å². The highest BCUT2D eigenvalue weighted by molar-refractivity contribution is 6.06. The Hall–Kier alpha value is -2.60. The minimum absolute atomic E-state index is 0.0152. The number of furan rings is 1. The van der Waals surface area contributed by atoms with Gasteiger partial charge in [0.05, 0.1) is 17.8 Å². The van der Waals surface area contributed by atoms with E-state index >= 15 is 0 Å². The number of carbonyl (C=O) groups is 2. The molecule has 2 aromatic rings. The summed E-state index contributed by atoms with van der Waals surface area (Å²) in [5.41, 5.74) is 5.61. The number of carbonyl (C=O) groups excluding carboxylic acids is 1. The van der Waals surface area contributed by atoms with Crippen LogP contribution in [0, 0.1) is 0 Å². The van der Waals surface area contributed by atoms with Gasteiger partial charge in [0, 0.05) is 0 Å². The van der Waals surface area contributed by atoms with Crippen molar-refractivity contribution in [2.24, 2.45) is 5.73 Å². The molecule has 4 N–H and O–H groups in total. The Morgan fingerprint density at radius 2 is 1.95 bits per heavy atom. The fraction of sp³-hybridized carbons (Fsp3) is 0.0769. The van der Waals surface area contributed by atoms with Crippen molar-refractivity contribution in [1.29, 1.82) is 0 Å². The van der Waals surface area contributed by atoms with Crippen LogP contribution in [-0.4, -0.2) is 17.0 Å². The molecular formula is C13H12N2O4. The minimum atomic E-state index is -1.11. The molecule has 0 saturated heterocycles. The van der Waals surface area contributed by atoms with E-state index in [-0.39, 0.29) is 23.6 Å². The standard InChI is InChI=1S/C13H12N2O4/c14-7-8-5-6-11(19-8)12(16)15-10-4-2-1-3-9(10)13(17)18/h1-6H,7,14H2,(H,15,16)(H,17,18). The third kappa shape index (κ3) is 2.80. The second kappa shape index (κ2) is 5.36. The summed E-state index contributed by atoms with van der Waals surface area (Å²) in [4.78, 5) is 22.9. The maximum absolute atomic E-state index is 11.9. The molecule has 2 rings (SSSR count). The first kappa shape index (κ1) is 12.8. The van der Waals surface area contributed by atoms with Crippen molar-refractivity contribution in [3.8, 4) is 0 Å². The van der Waals surface area contributed by atoms with E-state index in [1.54, 1.807) is 18.2 Å². The van der Waals surface area contributed by atoms with E-state index in [4.69, 9.17) is 15.3 Å². The van der Waals surface area contributed by atoms with Gasteiger partial charge in [0.2, 0.25) is 0 Å². The SMILES string of the molecule is NCc1ccc(C(=O)Nc2ccccc2C(=O)O)o1. The monoisotopic (exact) mass is 260 g/mol. The van der Waals surface area contributed by atoms with Gasteiger partial charge >= 0.3 is 5.97 Å². The maximum atomic E-state index is 11.9. The number of amides is 1. The van der Waals surface area contributed by atoms with Crippen LogP contribution in [0.3, 0.4) is 0 Å². The first-order valence-corrected chi connectivity index (χ1v) is 5.54. The van der Waals surface area contributed by atoms with Crippen molar-refractivity contribution in [1.82, 2.24) is 0 Å². The summed E-state index contributed by atoms with van der Waals surface area (Å²) in [6, 6.07) is 9.21. The van der Waals surface area contributed by atoms with Gasteiger partial charge in [-0.05, 0) is 24.3 Å². The Balaban J connectivity index is 2.21. The molecule has 6 heteroatoms. The third-order valence-electron chi connectivity index (χ3n) is 2.49. The van der Waals surface area contributed by atoms with Crippen LogP contribution in [0.25, 0.3) is 0 Å². The second-order valence-electron chi connectivity index (χ2n) is 3.77. The number of hydrogen-bond donors (Lipinski definition) is 3. The number of nitrogens with one attached hydrogen (secondary N) is 1. The van der Waals surface area contributed by atoms with Crippen molar-refractivity contribution in [2.75, 3.05) is 5.32 Å². The van der Waals surface area contributed by atoms with Crippen LogP contribution in [0.15, 0.2) is 40.8 Å². The summed E-state index contributed by atoms with van der Waals surface area (Å²) >= 11 is 0. The quantitative estimate of drug-likeness (QED) is 0.775. The topological polar surface area (TPSA) is 106 Å². The van der Waals surface area contributed by atoms with Crippen LogP contribution in [0.4, 0.5) is 5.69 Å². The number of carboxylic acid groups (broad SMARTS) is 1. The lowest BCUT2D eigenvalue weighted by atomic mass is 10.2. The van der Waals surface area contributed by atoms with E-state index in [1.807, 2.05) is 0 Å². The highest BCUT2D eigenvalue weighted by atomic mass is 16.4. The lowest BCUT2D eigenvalue weighted by Gasteiger charge is -2.06. The zero-order valence-electron chi connectivity index (χ0n) is 9.92. The van der Waals surface area contributed by atoms with E-state index in [9.17, 15) is 9.59 Å². The molecule has 0 bridgehead atoms. The van der Waals surface area contributed by atoms with Crippen molar-refractivity contribution in [3.63, 3.8) is 0 Å². The van der Waals surface area contributed by atoms with E-state index in [1.165, 1.54) is 18.2 Å². The van der Waals surface area contributed by atoms with Crippen LogP contribution in [0.1, 0.15) is 26.7 Å². The molecule has 1 heterocycles. The number of para-hydroxylation sites is 1. The summed E-state index contributed by atoms with van der Waals surface area (Å²) < 4.78 is 5.18. The minimum Gasteiger partial charge on any atom is -0.478 e. The number of rotatable bonds is 4. The average molecular weight is 260 g/mol. The highest BCUT2D eigenvalue weighted by Crippen LogP contribution is 2.17. The van der Waals surface area contributed by atoms with Crippen LogP contribution in [0.5, 0.6) is 0 Å². The zero-order valence-corrected chi connectivity index (χ0v) is 9.92. The van der Waals surface area contributed by atoms with E-state index < -0.39 is 11.9 Å². The molecule has 98 valence electrons. The number of aromatic carboxylic acids is 1. The molecule has 0 radical (unpaired) electrons. The normalized spacial score (nSPS) is 10.2. The molecule has 0 saturated carbocycles. The molecule has 1 aromatic heterocycles. The lowest BCUT2D eigenvalue weighted by molar-refractivity contribution is 0.0698. The van der Waals surface area contributed by atoms with Gasteiger partial charge in [-0.2, -0.15) is 0 Å². The van der Waals surface area contributed by atoms with E-state index in [0.29, 0.717) is 5.76 Å². The first-order chi connectivity index (χ1) is 9.11. The predicted octanol–water partition coefficient (Wildman–Crippen LogP) is 1.69. The molecule has 0 spiro atoms. The molecule has 1 amide bonds. The molecule has 1 aromatic carbocycles. The number of carboxylic acids is 1. The van der Waals surface area contributed by atoms with Gasteiger partial charge < -0.3 is 20.6 Å². The highest BCUT2D eigenvalue weighted by Gasteiger charge is 2.15. The van der Waals surface area contributed by atoms with Gasteiger partial charge in [0.1, 0.15) is 5.76 Å². The Kier molecular flexibility index (Phi) is 3.63. The van der Waals surface area contributed by atoms with Crippen molar-refractivity contribution >= 4 is 17.6 Å². The molecule has 19 heavy (non-hydrogen) atoms. The van der Waals surface area contributed by atoms with Crippen molar-refractivity contribution < 1.29 is 19.1 Å². The van der Waals surface area contributed by atoms with Gasteiger partial charge in [-0.3, -0.25) is 4.79 Å². The van der Waals surface area contributed by atoms with Gasteiger partial charge in [-0.1, -0.05) is 12.1 Å². The van der Waals surface area contributed by atoms with Crippen molar-refractivity contribution in [3.05, 3.63) is 53.5 Å². The Morgan fingerprint density at radius 3 is 2.58 bits per heavy atom. The molecule has 0 atom stereocenters. The smallest absolute Gasteiger partial charge is 0.337 e. The first-order valence-electron chi connectivity index (χ1n) is 5.54. The van der Waals surface area contributed by atoms with Crippen LogP contribution < -0.4 is 11.1 Å². The summed E-state index contributed by atoms with van der Waals surface area (Å²) in [6.07, 6.45) is 0. The van der Waals surface area contributed by atoms with Gasteiger partial charge in [0.15, 0.2) is 5.76 Å². The summed E-state index contributed by atoms with van der Waals surface area (Å²) in [7, 11) is 0. The number of benzene rings is 1. The number of anilines is 1. The average Bonchev–Trinajstić information content (AvgIpc) is 2.88. The van der Waals surface area contributed by atoms with Crippen LogP contribution in [0.2, 0.25) is 0 Å². The Labute approximate surface area is 108 Å². The van der Waals surface area contributed by atoms with E-state index in [2.05, 4.69) is 5.32 Å². The number of hydrogen-bond acceptors (Lipinski definition) is 4. The van der Waals surface area contributed by atoms with Gasteiger partial charge in [-0.15, -0.1) is 0 Å². The van der Waals surface area contributed by atoms with E-state index in [0.717, 1.165) is 0 Å². The Bertz CT molecular complexity index is 619. The largest absolute Gasteiger partial charge is 0.478 e. The third-order valence-corrected chi connectivity index (χ3v) is 2.49. The van der Waals surface area contributed by atoms with Crippen molar-refractivity contribution in [2.45, 2.75) is 6.54 Å². The van der Waals surface area contributed by atoms with Crippen LogP contribution >= 0.6 is 0 Å². The molecular weight excluding hydrogens is 248 g/mol. The number of nitrogens with two attached hydrogens (primary N) is 1. The lowest BCUT2D eigenvalue weighted by Crippen LogP contribution is -2.14. The fourth-order valence-corrected chi connectivity index (χ4v) is 1.57. The molecule has 6 nitrogen and oxygen atoms in total. The van der Waals surface area contributed by atoms with Crippen LogP contribution in [-0.2, 0) is 6.54 Å². The van der Waals surface area contributed by atoms with Gasteiger partial charge in [0.25, 0.3) is 5.91 Å². The molecule has 0 fully saturated rings. The molecule has 0 aliphatic carbocycles. The second-order valence-corrected chi connectivity index (χ2v) is 3.77. The maximum Gasteiger partial charge on any atom is 0.337 e. The summed E-state index contributed by atoms with van der Waals surface area (Å²) in [5, 5.41) is 11.5. The molecule has 0 aliphatic rings. The summed E-state index contributed by atoms with van der Waals surface area (Å²) in [6.45, 7) is 0.193. The summed E-state index contributed by atoms with van der Waals surface area (Å²) in [5.74, 6) is -1.07. The zero-order chi connectivity index (χ0) is 13.8.